The van der Waals surface area contributed by atoms with Crippen LogP contribution in [0.15, 0.2) is 0 Å². The van der Waals surface area contributed by atoms with Gasteiger partial charge in [0, 0.05) is 5.92 Å². The van der Waals surface area contributed by atoms with Gasteiger partial charge in [-0.25, -0.2) is 4.79 Å². The summed E-state index contributed by atoms with van der Waals surface area (Å²) in [4.78, 5) is 23.0. The smallest absolute Gasteiger partial charge is 0.329 e. The van der Waals surface area contributed by atoms with Crippen LogP contribution in [0.1, 0.15) is 40.5 Å². The summed E-state index contributed by atoms with van der Waals surface area (Å²) < 4.78 is 0. The normalized spacial score (nSPS) is 28.2. The van der Waals surface area contributed by atoms with E-state index in [2.05, 4.69) is 33.0 Å². The van der Waals surface area contributed by atoms with Crippen LogP contribution >= 0.6 is 0 Å². The maximum atomic E-state index is 12.0. The summed E-state index contributed by atoms with van der Waals surface area (Å²) in [6, 6.07) is 0. The van der Waals surface area contributed by atoms with Crippen LogP contribution in [0.2, 0.25) is 0 Å². The molecule has 0 saturated heterocycles. The predicted octanol–water partition coefficient (Wildman–Crippen LogP) is 1.40. The van der Waals surface area contributed by atoms with Crippen molar-refractivity contribution in [2.45, 2.75) is 46.1 Å². The van der Waals surface area contributed by atoms with Crippen LogP contribution in [0.3, 0.4) is 0 Å². The van der Waals surface area contributed by atoms with E-state index >= 15 is 0 Å². The number of nitrogens with one attached hydrogen (secondary N) is 1. The van der Waals surface area contributed by atoms with Gasteiger partial charge in [0.2, 0.25) is 5.91 Å². The Bertz CT molecular complexity index is 352. The molecular weight excluding hydrogens is 206 g/mol. The fraction of sp³-hybridized carbons (Fsp3) is 0.833. The molecule has 0 aromatic heterocycles. The molecule has 2 fully saturated rings. The highest BCUT2D eigenvalue weighted by molar-refractivity contribution is 5.92. The first-order chi connectivity index (χ1) is 7.15. The molecule has 2 rings (SSSR count). The quantitative estimate of drug-likeness (QED) is 0.763. The van der Waals surface area contributed by atoms with E-state index in [4.69, 9.17) is 5.11 Å². The van der Waals surface area contributed by atoms with Gasteiger partial charge in [-0.15, -0.1) is 0 Å². The van der Waals surface area contributed by atoms with E-state index in [-0.39, 0.29) is 22.7 Å². The Labute approximate surface area is 95.4 Å². The average molecular weight is 225 g/mol. The number of rotatable bonds is 3. The van der Waals surface area contributed by atoms with E-state index in [0.29, 0.717) is 12.8 Å². The van der Waals surface area contributed by atoms with Gasteiger partial charge in [0.05, 0.1) is 0 Å². The van der Waals surface area contributed by atoms with E-state index in [1.165, 1.54) is 0 Å². The van der Waals surface area contributed by atoms with Gasteiger partial charge >= 0.3 is 5.97 Å². The topological polar surface area (TPSA) is 66.4 Å². The fourth-order valence-electron chi connectivity index (χ4n) is 2.68. The molecule has 0 aromatic carbocycles. The molecule has 0 heterocycles. The van der Waals surface area contributed by atoms with E-state index < -0.39 is 11.5 Å². The molecule has 0 bridgehead atoms. The van der Waals surface area contributed by atoms with Gasteiger partial charge in [-0.3, -0.25) is 4.79 Å². The Balaban J connectivity index is 2.05. The first kappa shape index (κ1) is 11.4. The SMILES string of the molecule is CC1(C)C(C(=O)NC2(C(=O)O)CC2)C1(C)C. The van der Waals surface area contributed by atoms with Gasteiger partial charge in [0.15, 0.2) is 0 Å². The maximum absolute atomic E-state index is 12.0. The van der Waals surface area contributed by atoms with Crippen molar-refractivity contribution in [3.05, 3.63) is 0 Å². The first-order valence-corrected chi connectivity index (χ1v) is 5.70. The van der Waals surface area contributed by atoms with Crippen LogP contribution < -0.4 is 5.32 Å². The molecule has 0 atom stereocenters. The predicted molar refractivity (Wildman–Crippen MR) is 58.8 cm³/mol. The van der Waals surface area contributed by atoms with Gasteiger partial charge in [-0.1, -0.05) is 27.7 Å². The minimum absolute atomic E-state index is 0.0360. The van der Waals surface area contributed by atoms with Crippen LogP contribution in [0.5, 0.6) is 0 Å². The minimum atomic E-state index is -0.953. The van der Waals surface area contributed by atoms with E-state index in [1.807, 2.05) is 0 Å². The lowest BCUT2D eigenvalue weighted by Crippen LogP contribution is -2.44. The summed E-state index contributed by atoms with van der Waals surface area (Å²) in [6.45, 7) is 8.21. The highest BCUT2D eigenvalue weighted by Crippen LogP contribution is 2.68. The molecule has 0 aromatic rings. The number of carbonyl (C=O) groups is 2. The zero-order chi connectivity index (χ0) is 12.4. The van der Waals surface area contributed by atoms with Crippen LogP contribution in [-0.4, -0.2) is 22.5 Å². The third-order valence-corrected chi connectivity index (χ3v) is 4.80. The summed E-state index contributed by atoms with van der Waals surface area (Å²) >= 11 is 0. The van der Waals surface area contributed by atoms with Crippen molar-refractivity contribution in [1.29, 1.82) is 0 Å². The molecule has 0 spiro atoms. The Kier molecular flexibility index (Phi) is 1.99. The van der Waals surface area contributed by atoms with Crippen LogP contribution in [0.4, 0.5) is 0 Å². The van der Waals surface area contributed by atoms with Gasteiger partial charge in [0.1, 0.15) is 5.54 Å². The monoisotopic (exact) mass is 225 g/mol. The van der Waals surface area contributed by atoms with E-state index in [9.17, 15) is 9.59 Å². The highest BCUT2D eigenvalue weighted by Gasteiger charge is 2.69. The molecule has 16 heavy (non-hydrogen) atoms. The molecule has 4 heteroatoms. The third-order valence-electron chi connectivity index (χ3n) is 4.80. The average Bonchev–Trinajstić information content (AvgIpc) is 2.91. The Morgan fingerprint density at radius 1 is 1.12 bits per heavy atom. The van der Waals surface area contributed by atoms with Gasteiger partial charge < -0.3 is 10.4 Å². The molecule has 2 N–H and O–H groups in total. The zero-order valence-electron chi connectivity index (χ0n) is 10.3. The summed E-state index contributed by atoms with van der Waals surface area (Å²) in [5.74, 6) is -1.08. The zero-order valence-corrected chi connectivity index (χ0v) is 10.3. The molecule has 2 saturated carbocycles. The van der Waals surface area contributed by atoms with Crippen molar-refractivity contribution in [3.8, 4) is 0 Å². The third kappa shape index (κ3) is 1.28. The molecular formula is C12H19NO3. The number of aliphatic carboxylic acids is 1. The van der Waals surface area contributed by atoms with Crippen molar-refractivity contribution < 1.29 is 14.7 Å². The molecule has 90 valence electrons. The van der Waals surface area contributed by atoms with Crippen LogP contribution in [0, 0.1) is 16.7 Å². The molecule has 2 aliphatic rings. The summed E-state index contributed by atoms with van der Waals surface area (Å²) in [5, 5.41) is 11.7. The van der Waals surface area contributed by atoms with Crippen LogP contribution in [-0.2, 0) is 9.59 Å². The lowest BCUT2D eigenvalue weighted by atomic mass is 10.0. The van der Waals surface area contributed by atoms with E-state index in [1.54, 1.807) is 0 Å². The molecule has 0 radical (unpaired) electrons. The summed E-state index contributed by atoms with van der Waals surface area (Å²) in [5.41, 5.74) is -1.02. The molecule has 4 nitrogen and oxygen atoms in total. The van der Waals surface area contributed by atoms with Crippen molar-refractivity contribution in [2.24, 2.45) is 16.7 Å². The molecule has 0 aliphatic heterocycles. The molecule has 0 unspecified atom stereocenters. The standard InChI is InChI=1S/C12H19NO3/c1-10(2)7(11(10,3)4)8(14)13-12(5-6-12)9(15)16/h7H,5-6H2,1-4H3,(H,13,14)(H,15,16). The largest absolute Gasteiger partial charge is 0.480 e. The second-order valence-corrected chi connectivity index (χ2v) is 6.25. The minimum Gasteiger partial charge on any atom is -0.480 e. The van der Waals surface area contributed by atoms with Gasteiger partial charge in [-0.2, -0.15) is 0 Å². The van der Waals surface area contributed by atoms with Gasteiger partial charge in [0.25, 0.3) is 0 Å². The van der Waals surface area contributed by atoms with Crippen molar-refractivity contribution >= 4 is 11.9 Å². The van der Waals surface area contributed by atoms with Crippen molar-refractivity contribution in [3.63, 3.8) is 0 Å². The van der Waals surface area contributed by atoms with Gasteiger partial charge in [-0.05, 0) is 23.7 Å². The Morgan fingerprint density at radius 2 is 1.56 bits per heavy atom. The maximum Gasteiger partial charge on any atom is 0.329 e. The van der Waals surface area contributed by atoms with Crippen molar-refractivity contribution in [1.82, 2.24) is 5.32 Å². The second kappa shape index (κ2) is 2.79. The molecule has 1 amide bonds. The number of amides is 1. The molecule has 2 aliphatic carbocycles. The lowest BCUT2D eigenvalue weighted by Gasteiger charge is -2.13. The van der Waals surface area contributed by atoms with Crippen LogP contribution in [0.25, 0.3) is 0 Å². The lowest BCUT2D eigenvalue weighted by molar-refractivity contribution is -0.143. The number of carbonyl (C=O) groups excluding carboxylic acids is 1. The highest BCUT2D eigenvalue weighted by atomic mass is 16.4. The summed E-state index contributed by atoms with van der Waals surface area (Å²) in [7, 11) is 0. The van der Waals surface area contributed by atoms with Crippen molar-refractivity contribution in [2.75, 3.05) is 0 Å². The second-order valence-electron chi connectivity index (χ2n) is 6.25. The number of hydrogen-bond donors (Lipinski definition) is 2. The number of carboxylic acid groups (broad SMARTS) is 1. The van der Waals surface area contributed by atoms with E-state index in [0.717, 1.165) is 0 Å². The Hall–Kier alpha value is -1.06. The number of carboxylic acids is 1. The number of hydrogen-bond acceptors (Lipinski definition) is 2. The first-order valence-electron chi connectivity index (χ1n) is 5.70. The Morgan fingerprint density at radius 3 is 1.81 bits per heavy atom. The fourth-order valence-corrected chi connectivity index (χ4v) is 2.68. The summed E-state index contributed by atoms with van der Waals surface area (Å²) in [6.07, 6.45) is 1.11.